The van der Waals surface area contributed by atoms with Crippen molar-refractivity contribution >= 4 is 33.0 Å². The lowest BCUT2D eigenvalue weighted by Crippen LogP contribution is -2.25. The zero-order valence-corrected chi connectivity index (χ0v) is 14.8. The fourth-order valence-corrected chi connectivity index (χ4v) is 2.92. The van der Waals surface area contributed by atoms with Crippen molar-refractivity contribution in [3.8, 4) is 0 Å². The second-order valence-electron chi connectivity index (χ2n) is 5.18. The second kappa shape index (κ2) is 7.55. The average Bonchev–Trinajstić information content (AvgIpc) is 2.96. The van der Waals surface area contributed by atoms with E-state index in [0.29, 0.717) is 25.3 Å². The first-order valence-electron chi connectivity index (χ1n) is 7.52. The van der Waals surface area contributed by atoms with Gasteiger partial charge in [0.1, 0.15) is 11.3 Å². The molecule has 0 aliphatic rings. The Kier molecular flexibility index (Phi) is 5.22. The molecule has 1 amide bonds. The highest BCUT2D eigenvalue weighted by Gasteiger charge is 2.14. The Balaban J connectivity index is 1.82. The van der Waals surface area contributed by atoms with Crippen LogP contribution in [0.3, 0.4) is 0 Å². The van der Waals surface area contributed by atoms with E-state index < -0.39 is 0 Å². The molecule has 6 nitrogen and oxygen atoms in total. The highest BCUT2D eigenvalue weighted by molar-refractivity contribution is 9.10. The topological polar surface area (TPSA) is 69.0 Å². The molecule has 7 heteroatoms. The van der Waals surface area contributed by atoms with Gasteiger partial charge in [-0.2, -0.15) is 0 Å². The lowest BCUT2D eigenvalue weighted by atomic mass is 10.2. The maximum absolute atomic E-state index is 12.4. The second-order valence-corrected chi connectivity index (χ2v) is 6.04. The summed E-state index contributed by atoms with van der Waals surface area (Å²) in [6, 6.07) is 11.1. The fourth-order valence-electron chi connectivity index (χ4n) is 2.46. The van der Waals surface area contributed by atoms with Crippen molar-refractivity contribution in [2.45, 2.75) is 13.1 Å². The van der Waals surface area contributed by atoms with Crippen LogP contribution in [0.1, 0.15) is 16.2 Å². The van der Waals surface area contributed by atoms with Gasteiger partial charge in [0.05, 0.1) is 18.7 Å². The fraction of sp³-hybridized carbons (Fsp3) is 0.235. The number of carbonyl (C=O) groups excluding carboxylic acids is 1. The molecular weight excluding hydrogens is 372 g/mol. The molecule has 2 aromatic heterocycles. The van der Waals surface area contributed by atoms with E-state index >= 15 is 0 Å². The number of amides is 1. The first-order valence-corrected chi connectivity index (χ1v) is 8.32. The Labute approximate surface area is 148 Å². The molecule has 0 fully saturated rings. The summed E-state index contributed by atoms with van der Waals surface area (Å²) in [4.78, 5) is 21.3. The normalized spacial score (nSPS) is 10.9. The number of methoxy groups -OCH3 is 1. The Morgan fingerprint density at radius 3 is 2.92 bits per heavy atom. The highest BCUT2D eigenvalue weighted by Crippen LogP contribution is 2.17. The van der Waals surface area contributed by atoms with Crippen LogP contribution in [0.15, 0.2) is 47.1 Å². The van der Waals surface area contributed by atoms with Crippen LogP contribution >= 0.6 is 15.9 Å². The lowest BCUT2D eigenvalue weighted by molar-refractivity contribution is 0.0948. The molecule has 0 atom stereocenters. The molecule has 0 spiro atoms. The molecule has 0 saturated carbocycles. The van der Waals surface area contributed by atoms with Gasteiger partial charge in [-0.1, -0.05) is 12.1 Å². The Bertz CT molecular complexity index is 863. The average molecular weight is 389 g/mol. The predicted molar refractivity (Wildman–Crippen MR) is 94.7 cm³/mol. The summed E-state index contributed by atoms with van der Waals surface area (Å²) in [6.07, 6.45) is 1.73. The molecule has 3 aromatic rings. The van der Waals surface area contributed by atoms with E-state index in [1.807, 2.05) is 34.9 Å². The van der Waals surface area contributed by atoms with Gasteiger partial charge >= 0.3 is 0 Å². The number of rotatable bonds is 6. The minimum Gasteiger partial charge on any atom is -0.383 e. The van der Waals surface area contributed by atoms with Crippen LogP contribution in [0.2, 0.25) is 0 Å². The van der Waals surface area contributed by atoms with Gasteiger partial charge in [0.25, 0.3) is 5.91 Å². The maximum atomic E-state index is 12.4. The highest BCUT2D eigenvalue weighted by atomic mass is 79.9. The quantitative estimate of drug-likeness (QED) is 0.704. The smallest absolute Gasteiger partial charge is 0.252 e. The summed E-state index contributed by atoms with van der Waals surface area (Å²) < 4.78 is 7.89. The van der Waals surface area contributed by atoms with Crippen LogP contribution in [0.25, 0.3) is 11.2 Å². The number of ether oxygens (including phenoxy) is 1. The Morgan fingerprint density at radius 1 is 1.29 bits per heavy atom. The standard InChI is InChI=1S/C17H17BrN4O2/c1-24-10-9-22-15(21-14-7-4-8-19-16(14)22)11-20-17(23)12-5-2-3-6-13(12)18/h2-8H,9-11H2,1H3,(H,20,23). The van der Waals surface area contributed by atoms with E-state index in [1.165, 1.54) is 0 Å². The van der Waals surface area contributed by atoms with Crippen molar-refractivity contribution in [1.29, 1.82) is 0 Å². The van der Waals surface area contributed by atoms with Crippen LogP contribution in [-0.2, 0) is 17.8 Å². The number of benzene rings is 1. The van der Waals surface area contributed by atoms with E-state index in [9.17, 15) is 4.79 Å². The van der Waals surface area contributed by atoms with E-state index in [0.717, 1.165) is 21.5 Å². The number of aromatic nitrogens is 3. The first-order chi connectivity index (χ1) is 11.7. The van der Waals surface area contributed by atoms with E-state index in [-0.39, 0.29) is 5.91 Å². The third kappa shape index (κ3) is 3.47. The van der Waals surface area contributed by atoms with Gasteiger partial charge < -0.3 is 14.6 Å². The summed E-state index contributed by atoms with van der Waals surface area (Å²) in [6.45, 7) is 1.50. The molecule has 24 heavy (non-hydrogen) atoms. The van der Waals surface area contributed by atoms with Crippen molar-refractivity contribution in [1.82, 2.24) is 19.9 Å². The minimum atomic E-state index is -0.152. The van der Waals surface area contributed by atoms with Crippen molar-refractivity contribution in [3.05, 3.63) is 58.5 Å². The molecule has 3 rings (SSSR count). The van der Waals surface area contributed by atoms with E-state index in [4.69, 9.17) is 4.74 Å². The number of fused-ring (bicyclic) bond motifs is 1. The molecule has 0 radical (unpaired) electrons. The lowest BCUT2D eigenvalue weighted by Gasteiger charge is -2.10. The van der Waals surface area contributed by atoms with Gasteiger partial charge in [-0.25, -0.2) is 9.97 Å². The van der Waals surface area contributed by atoms with Crippen molar-refractivity contribution in [3.63, 3.8) is 0 Å². The van der Waals surface area contributed by atoms with Gasteiger partial charge in [-0.3, -0.25) is 4.79 Å². The molecule has 0 saturated heterocycles. The van der Waals surface area contributed by atoms with Crippen LogP contribution in [0.5, 0.6) is 0 Å². The predicted octanol–water partition coefficient (Wildman–Crippen LogP) is 2.77. The van der Waals surface area contributed by atoms with Gasteiger partial charge in [0.15, 0.2) is 5.65 Å². The molecule has 0 aliphatic heterocycles. The van der Waals surface area contributed by atoms with Crippen molar-refractivity contribution < 1.29 is 9.53 Å². The van der Waals surface area contributed by atoms with E-state index in [1.54, 1.807) is 19.4 Å². The molecule has 1 aromatic carbocycles. The third-order valence-electron chi connectivity index (χ3n) is 3.63. The number of pyridine rings is 1. The van der Waals surface area contributed by atoms with Crippen molar-refractivity contribution in [2.24, 2.45) is 0 Å². The van der Waals surface area contributed by atoms with Crippen molar-refractivity contribution in [2.75, 3.05) is 13.7 Å². The summed E-state index contributed by atoms with van der Waals surface area (Å²) in [5, 5.41) is 2.91. The van der Waals surface area contributed by atoms with Gasteiger partial charge in [-0.15, -0.1) is 0 Å². The number of nitrogens with one attached hydrogen (secondary N) is 1. The minimum absolute atomic E-state index is 0.152. The SMILES string of the molecule is COCCn1c(CNC(=O)c2ccccc2Br)nc2cccnc21. The molecule has 2 heterocycles. The third-order valence-corrected chi connectivity index (χ3v) is 4.32. The zero-order valence-electron chi connectivity index (χ0n) is 13.2. The Hall–Kier alpha value is -2.25. The first kappa shape index (κ1) is 16.6. The number of halogens is 1. The molecule has 0 aliphatic carbocycles. The largest absolute Gasteiger partial charge is 0.383 e. The molecule has 0 unspecified atom stereocenters. The summed E-state index contributed by atoms with van der Waals surface area (Å²) >= 11 is 3.39. The number of hydrogen-bond acceptors (Lipinski definition) is 4. The molecule has 124 valence electrons. The molecular formula is C17H17BrN4O2. The van der Waals surface area contributed by atoms with Crippen LogP contribution in [0.4, 0.5) is 0 Å². The van der Waals surface area contributed by atoms with E-state index in [2.05, 4.69) is 31.2 Å². The summed E-state index contributed by atoms with van der Waals surface area (Å²) in [5.41, 5.74) is 2.19. The Morgan fingerprint density at radius 2 is 2.12 bits per heavy atom. The molecule has 0 bridgehead atoms. The number of imidazole rings is 1. The van der Waals surface area contributed by atoms with Crippen LogP contribution in [0, 0.1) is 0 Å². The number of nitrogens with zero attached hydrogens (tertiary/aromatic N) is 3. The van der Waals surface area contributed by atoms with Gasteiger partial charge in [0, 0.05) is 24.3 Å². The van der Waals surface area contributed by atoms with Gasteiger partial charge in [0.2, 0.25) is 0 Å². The molecule has 1 N–H and O–H groups in total. The van der Waals surface area contributed by atoms with Crippen LogP contribution < -0.4 is 5.32 Å². The summed E-state index contributed by atoms with van der Waals surface area (Å²) in [7, 11) is 1.65. The number of hydrogen-bond donors (Lipinski definition) is 1. The summed E-state index contributed by atoms with van der Waals surface area (Å²) in [5.74, 6) is 0.599. The maximum Gasteiger partial charge on any atom is 0.252 e. The monoisotopic (exact) mass is 388 g/mol. The number of carbonyl (C=O) groups is 1. The zero-order chi connectivity index (χ0) is 16.9. The van der Waals surface area contributed by atoms with Crippen LogP contribution in [-0.4, -0.2) is 34.2 Å². The van der Waals surface area contributed by atoms with Gasteiger partial charge in [-0.05, 0) is 40.2 Å².